The molecule has 0 saturated heterocycles. The molecular weight excluding hydrogens is 329 g/mol. The van der Waals surface area contributed by atoms with E-state index < -0.39 is 11.8 Å². The van der Waals surface area contributed by atoms with Crippen LogP contribution in [0.3, 0.4) is 0 Å². The Kier molecular flexibility index (Phi) is 4.29. The Morgan fingerprint density at radius 1 is 1.32 bits per heavy atom. The topological polar surface area (TPSA) is 116 Å². The Balaban J connectivity index is 1.82. The molecular formula is C16H14FN5O3. The number of hydrogen-bond donors (Lipinski definition) is 2. The lowest BCUT2D eigenvalue weighted by molar-refractivity contribution is 0.0995. The standard InChI is InChI=1S/C16H14FN5O3/c1-2-22-8-12(14(20-22)15(18)23)19-16(24)11-7-13(25-21-11)9-3-5-10(17)6-4-9/h3-8H,2H2,1H3,(H2,18,23)(H,19,24). The Hall–Kier alpha value is -3.49. The maximum atomic E-state index is 13.0. The molecule has 0 atom stereocenters. The summed E-state index contributed by atoms with van der Waals surface area (Å²) in [5.74, 6) is -1.41. The molecule has 0 aliphatic rings. The summed E-state index contributed by atoms with van der Waals surface area (Å²) in [5, 5.41) is 10.2. The van der Waals surface area contributed by atoms with Crippen molar-refractivity contribution in [1.29, 1.82) is 0 Å². The Bertz CT molecular complexity index is 930. The van der Waals surface area contributed by atoms with Gasteiger partial charge >= 0.3 is 0 Å². The summed E-state index contributed by atoms with van der Waals surface area (Å²) >= 11 is 0. The molecule has 128 valence electrons. The van der Waals surface area contributed by atoms with Gasteiger partial charge in [0.1, 0.15) is 5.82 Å². The number of rotatable bonds is 5. The highest BCUT2D eigenvalue weighted by atomic mass is 19.1. The number of anilines is 1. The molecule has 0 radical (unpaired) electrons. The number of primary amides is 1. The fraction of sp³-hybridized carbons (Fsp3) is 0.125. The summed E-state index contributed by atoms with van der Waals surface area (Å²) in [7, 11) is 0. The van der Waals surface area contributed by atoms with Crippen molar-refractivity contribution in [2.75, 3.05) is 5.32 Å². The molecule has 3 N–H and O–H groups in total. The summed E-state index contributed by atoms with van der Waals surface area (Å²) in [5.41, 5.74) is 5.97. The second-order valence-corrected chi connectivity index (χ2v) is 5.15. The minimum absolute atomic E-state index is 0.000932. The molecule has 1 aromatic carbocycles. The third-order valence-electron chi connectivity index (χ3n) is 3.44. The highest BCUT2D eigenvalue weighted by Gasteiger charge is 2.19. The molecule has 8 nitrogen and oxygen atoms in total. The summed E-state index contributed by atoms with van der Waals surface area (Å²) in [4.78, 5) is 23.7. The zero-order chi connectivity index (χ0) is 18.0. The van der Waals surface area contributed by atoms with E-state index in [2.05, 4.69) is 15.6 Å². The number of hydrogen-bond acceptors (Lipinski definition) is 5. The summed E-state index contributed by atoms with van der Waals surface area (Å²) in [6, 6.07) is 6.98. The molecule has 0 unspecified atom stereocenters. The predicted molar refractivity (Wildman–Crippen MR) is 86.3 cm³/mol. The van der Waals surface area contributed by atoms with Gasteiger partial charge in [-0.2, -0.15) is 5.10 Å². The minimum atomic E-state index is -0.755. The Morgan fingerprint density at radius 3 is 2.68 bits per heavy atom. The van der Waals surface area contributed by atoms with Gasteiger partial charge in [-0.1, -0.05) is 5.16 Å². The van der Waals surface area contributed by atoms with E-state index in [1.807, 2.05) is 6.92 Å². The van der Waals surface area contributed by atoms with Crippen LogP contribution in [-0.2, 0) is 6.54 Å². The van der Waals surface area contributed by atoms with Crippen molar-refractivity contribution in [3.8, 4) is 11.3 Å². The lowest BCUT2D eigenvalue weighted by atomic mass is 10.1. The van der Waals surface area contributed by atoms with E-state index in [-0.39, 0.29) is 22.9 Å². The molecule has 3 rings (SSSR count). The van der Waals surface area contributed by atoms with E-state index >= 15 is 0 Å². The molecule has 0 fully saturated rings. The molecule has 2 amide bonds. The van der Waals surface area contributed by atoms with E-state index in [4.69, 9.17) is 10.3 Å². The van der Waals surface area contributed by atoms with E-state index in [0.717, 1.165) is 0 Å². The molecule has 25 heavy (non-hydrogen) atoms. The first-order chi connectivity index (χ1) is 12.0. The molecule has 0 aliphatic carbocycles. The van der Waals surface area contributed by atoms with Crippen LogP contribution in [0, 0.1) is 5.82 Å². The van der Waals surface area contributed by atoms with E-state index in [9.17, 15) is 14.0 Å². The first-order valence-corrected chi connectivity index (χ1v) is 7.39. The number of halogens is 1. The quantitative estimate of drug-likeness (QED) is 0.735. The largest absolute Gasteiger partial charge is 0.364 e. The van der Waals surface area contributed by atoms with Crippen LogP contribution in [0.4, 0.5) is 10.1 Å². The van der Waals surface area contributed by atoms with Crippen molar-refractivity contribution in [3.63, 3.8) is 0 Å². The average molecular weight is 343 g/mol. The van der Waals surface area contributed by atoms with Crippen LogP contribution >= 0.6 is 0 Å². The highest BCUT2D eigenvalue weighted by molar-refractivity contribution is 6.07. The van der Waals surface area contributed by atoms with Crippen LogP contribution in [0.2, 0.25) is 0 Å². The SMILES string of the molecule is CCn1cc(NC(=O)c2cc(-c3ccc(F)cc3)on2)c(C(N)=O)n1. The molecule has 9 heteroatoms. The highest BCUT2D eigenvalue weighted by Crippen LogP contribution is 2.21. The fourth-order valence-corrected chi connectivity index (χ4v) is 2.18. The third kappa shape index (κ3) is 3.39. The van der Waals surface area contributed by atoms with Gasteiger partial charge in [0.2, 0.25) is 0 Å². The maximum Gasteiger partial charge on any atom is 0.277 e. The van der Waals surface area contributed by atoms with Crippen molar-refractivity contribution in [2.24, 2.45) is 5.73 Å². The van der Waals surface area contributed by atoms with Crippen LogP contribution in [0.25, 0.3) is 11.3 Å². The van der Waals surface area contributed by atoms with Crippen LogP contribution in [0.1, 0.15) is 27.9 Å². The number of carbonyl (C=O) groups is 2. The van der Waals surface area contributed by atoms with Gasteiger partial charge in [0.05, 0.1) is 5.69 Å². The van der Waals surface area contributed by atoms with Crippen LogP contribution < -0.4 is 11.1 Å². The van der Waals surface area contributed by atoms with E-state index in [1.165, 1.54) is 41.2 Å². The number of nitrogens with one attached hydrogen (secondary N) is 1. The van der Waals surface area contributed by atoms with Gasteiger partial charge in [0, 0.05) is 24.4 Å². The number of aryl methyl sites for hydroxylation is 1. The molecule has 0 saturated carbocycles. The predicted octanol–water partition coefficient (Wildman–Crippen LogP) is 2.05. The zero-order valence-electron chi connectivity index (χ0n) is 13.2. The zero-order valence-corrected chi connectivity index (χ0v) is 13.2. The van der Waals surface area contributed by atoms with Gasteiger partial charge in [-0.25, -0.2) is 4.39 Å². The summed E-state index contributed by atoms with van der Waals surface area (Å²) in [6.07, 6.45) is 1.50. The first-order valence-electron chi connectivity index (χ1n) is 7.39. The number of nitrogens with two attached hydrogens (primary N) is 1. The van der Waals surface area contributed by atoms with Crippen LogP contribution in [0.15, 0.2) is 41.1 Å². The molecule has 2 heterocycles. The lowest BCUT2D eigenvalue weighted by Gasteiger charge is -2.00. The van der Waals surface area contributed by atoms with Crippen molar-refractivity contribution in [1.82, 2.24) is 14.9 Å². The van der Waals surface area contributed by atoms with Crippen molar-refractivity contribution in [3.05, 3.63) is 53.7 Å². The average Bonchev–Trinajstić information content (AvgIpc) is 3.22. The molecule has 3 aromatic rings. The molecule has 2 aromatic heterocycles. The Labute approximate surface area is 141 Å². The molecule has 0 bridgehead atoms. The number of amides is 2. The number of benzene rings is 1. The molecule has 0 spiro atoms. The summed E-state index contributed by atoms with van der Waals surface area (Å²) in [6.45, 7) is 2.34. The molecule has 0 aliphatic heterocycles. The first kappa shape index (κ1) is 16.4. The number of carbonyl (C=O) groups excluding carboxylic acids is 2. The van der Waals surface area contributed by atoms with Gasteiger partial charge in [-0.15, -0.1) is 0 Å². The maximum absolute atomic E-state index is 13.0. The monoisotopic (exact) mass is 343 g/mol. The van der Waals surface area contributed by atoms with Crippen molar-refractivity contribution < 1.29 is 18.5 Å². The van der Waals surface area contributed by atoms with Crippen LogP contribution in [0.5, 0.6) is 0 Å². The van der Waals surface area contributed by atoms with E-state index in [1.54, 1.807) is 0 Å². The third-order valence-corrected chi connectivity index (χ3v) is 3.44. The minimum Gasteiger partial charge on any atom is -0.364 e. The van der Waals surface area contributed by atoms with Gasteiger partial charge in [0.15, 0.2) is 17.1 Å². The van der Waals surface area contributed by atoms with Crippen molar-refractivity contribution >= 4 is 17.5 Å². The number of aromatic nitrogens is 3. The fourth-order valence-electron chi connectivity index (χ4n) is 2.18. The lowest BCUT2D eigenvalue weighted by Crippen LogP contribution is -2.18. The Morgan fingerprint density at radius 2 is 2.04 bits per heavy atom. The van der Waals surface area contributed by atoms with Gasteiger partial charge in [0.25, 0.3) is 11.8 Å². The summed E-state index contributed by atoms with van der Waals surface area (Å²) < 4.78 is 19.5. The second-order valence-electron chi connectivity index (χ2n) is 5.15. The smallest absolute Gasteiger partial charge is 0.277 e. The second kappa shape index (κ2) is 6.56. The normalized spacial score (nSPS) is 10.6. The van der Waals surface area contributed by atoms with E-state index in [0.29, 0.717) is 17.9 Å². The number of nitrogens with zero attached hydrogens (tertiary/aromatic N) is 3. The van der Waals surface area contributed by atoms with Gasteiger partial charge < -0.3 is 15.6 Å². The van der Waals surface area contributed by atoms with Gasteiger partial charge in [-0.05, 0) is 31.2 Å². The van der Waals surface area contributed by atoms with Crippen molar-refractivity contribution in [2.45, 2.75) is 13.5 Å². The van der Waals surface area contributed by atoms with Gasteiger partial charge in [-0.3, -0.25) is 14.3 Å². The van der Waals surface area contributed by atoms with Crippen LogP contribution in [-0.4, -0.2) is 26.8 Å².